The first-order valence-electron chi connectivity index (χ1n) is 8.82. The van der Waals surface area contributed by atoms with Gasteiger partial charge in [0.25, 0.3) is 0 Å². The molecule has 0 aromatic heterocycles. The predicted octanol–water partition coefficient (Wildman–Crippen LogP) is 2.50. The number of carbonyl (C=O) groups excluding carboxylic acids is 1. The molecule has 128 valence electrons. The lowest BCUT2D eigenvalue weighted by molar-refractivity contribution is -0.154. The van der Waals surface area contributed by atoms with Crippen LogP contribution in [0, 0.1) is 11.8 Å². The molecule has 1 saturated carbocycles. The van der Waals surface area contributed by atoms with Crippen molar-refractivity contribution in [1.29, 1.82) is 0 Å². The summed E-state index contributed by atoms with van der Waals surface area (Å²) in [6.07, 6.45) is 5.48. The van der Waals surface area contributed by atoms with Crippen LogP contribution in [0.25, 0.3) is 0 Å². The van der Waals surface area contributed by atoms with E-state index in [4.69, 9.17) is 0 Å². The minimum Gasteiger partial charge on any atom is -0.392 e. The van der Waals surface area contributed by atoms with Crippen LogP contribution in [0.5, 0.6) is 0 Å². The van der Waals surface area contributed by atoms with E-state index in [1.54, 1.807) is 4.90 Å². The molecular formula is C18H34N2O2. The third kappa shape index (κ3) is 3.33. The van der Waals surface area contributed by atoms with E-state index in [2.05, 4.69) is 25.7 Å². The van der Waals surface area contributed by atoms with Gasteiger partial charge in [0.2, 0.25) is 5.91 Å². The van der Waals surface area contributed by atoms with Crippen LogP contribution in [0.3, 0.4) is 0 Å². The molecule has 1 aliphatic carbocycles. The fourth-order valence-corrected chi connectivity index (χ4v) is 4.82. The number of hydrogen-bond acceptors (Lipinski definition) is 3. The number of likely N-dealkylation sites (tertiary alicyclic amines) is 1. The van der Waals surface area contributed by atoms with E-state index in [0.29, 0.717) is 11.8 Å². The number of aliphatic hydroxyl groups is 1. The smallest absolute Gasteiger partial charge is 0.239 e. The minimum absolute atomic E-state index is 0.0907. The maximum absolute atomic E-state index is 12.8. The van der Waals surface area contributed by atoms with Crippen molar-refractivity contribution in [3.8, 4) is 0 Å². The lowest BCUT2D eigenvalue weighted by Gasteiger charge is -2.57. The van der Waals surface area contributed by atoms with Gasteiger partial charge in [-0.3, -0.25) is 9.69 Å². The Labute approximate surface area is 135 Å². The zero-order valence-electron chi connectivity index (χ0n) is 15.2. The standard InChI is InChI=1S/C18H34N2O2/c1-12(21)16-14-10-8-7-9-13(14)11-15(17(22)19(5)6)20(16)18(2,3)4/h12-16,21H,7-11H2,1-6H3. The molecule has 5 atom stereocenters. The quantitative estimate of drug-likeness (QED) is 0.852. The van der Waals surface area contributed by atoms with Gasteiger partial charge in [-0.05, 0) is 52.4 Å². The molecule has 4 nitrogen and oxygen atoms in total. The average Bonchev–Trinajstić information content (AvgIpc) is 2.42. The van der Waals surface area contributed by atoms with Crippen molar-refractivity contribution in [3.05, 3.63) is 0 Å². The summed E-state index contributed by atoms with van der Waals surface area (Å²) in [5, 5.41) is 10.5. The maximum atomic E-state index is 12.8. The van der Waals surface area contributed by atoms with Crippen molar-refractivity contribution in [2.45, 2.75) is 83.5 Å². The Bertz CT molecular complexity index is 400. The van der Waals surface area contributed by atoms with E-state index < -0.39 is 6.10 Å². The van der Waals surface area contributed by atoms with Crippen molar-refractivity contribution >= 4 is 5.91 Å². The van der Waals surface area contributed by atoms with Gasteiger partial charge in [0.05, 0.1) is 12.1 Å². The van der Waals surface area contributed by atoms with Crippen LogP contribution >= 0.6 is 0 Å². The monoisotopic (exact) mass is 310 g/mol. The second-order valence-electron chi connectivity index (χ2n) is 8.50. The van der Waals surface area contributed by atoms with Crippen molar-refractivity contribution in [2.75, 3.05) is 14.1 Å². The topological polar surface area (TPSA) is 43.8 Å². The highest BCUT2D eigenvalue weighted by Gasteiger charge is 2.51. The molecule has 5 unspecified atom stereocenters. The minimum atomic E-state index is -0.400. The summed E-state index contributed by atoms with van der Waals surface area (Å²) in [5.74, 6) is 1.30. The second-order valence-corrected chi connectivity index (χ2v) is 8.50. The fraction of sp³-hybridized carbons (Fsp3) is 0.944. The molecule has 0 radical (unpaired) electrons. The van der Waals surface area contributed by atoms with Crippen LogP contribution in [0.15, 0.2) is 0 Å². The first kappa shape index (κ1) is 17.7. The molecule has 0 aromatic carbocycles. The Kier molecular flexibility index (Phi) is 5.23. The Morgan fingerprint density at radius 2 is 1.82 bits per heavy atom. The van der Waals surface area contributed by atoms with E-state index in [1.807, 2.05) is 21.0 Å². The Balaban J connectivity index is 2.41. The molecule has 2 rings (SSSR count). The molecule has 1 aliphatic heterocycles. The summed E-state index contributed by atoms with van der Waals surface area (Å²) in [5.41, 5.74) is -0.125. The number of carbonyl (C=O) groups is 1. The highest BCUT2D eigenvalue weighted by molar-refractivity contribution is 5.81. The average molecular weight is 310 g/mol. The summed E-state index contributed by atoms with van der Waals surface area (Å²) >= 11 is 0. The first-order chi connectivity index (χ1) is 10.1. The summed E-state index contributed by atoms with van der Waals surface area (Å²) < 4.78 is 0. The molecule has 1 heterocycles. The van der Waals surface area contributed by atoms with Gasteiger partial charge in [0.1, 0.15) is 0 Å². The van der Waals surface area contributed by atoms with Crippen LogP contribution in [-0.4, -0.2) is 58.6 Å². The third-order valence-electron chi connectivity index (χ3n) is 5.58. The van der Waals surface area contributed by atoms with Gasteiger partial charge in [-0.15, -0.1) is 0 Å². The molecule has 0 spiro atoms. The number of hydrogen-bond donors (Lipinski definition) is 1. The highest BCUT2D eigenvalue weighted by Crippen LogP contribution is 2.45. The summed E-state index contributed by atoms with van der Waals surface area (Å²) in [4.78, 5) is 16.8. The highest BCUT2D eigenvalue weighted by atomic mass is 16.3. The number of fused-ring (bicyclic) bond motifs is 1. The lowest BCUT2D eigenvalue weighted by atomic mass is 9.66. The number of piperidine rings is 1. The third-order valence-corrected chi connectivity index (χ3v) is 5.58. The maximum Gasteiger partial charge on any atom is 0.239 e. The van der Waals surface area contributed by atoms with Gasteiger partial charge < -0.3 is 10.0 Å². The van der Waals surface area contributed by atoms with Gasteiger partial charge in [-0.1, -0.05) is 19.3 Å². The molecule has 2 aliphatic rings. The Morgan fingerprint density at radius 3 is 2.32 bits per heavy atom. The second kappa shape index (κ2) is 6.48. The lowest BCUT2D eigenvalue weighted by Crippen LogP contribution is -2.67. The zero-order valence-corrected chi connectivity index (χ0v) is 15.2. The van der Waals surface area contributed by atoms with Crippen LogP contribution in [-0.2, 0) is 4.79 Å². The van der Waals surface area contributed by atoms with Crippen LogP contribution in [0.1, 0.15) is 59.8 Å². The van der Waals surface area contributed by atoms with E-state index in [9.17, 15) is 9.90 Å². The molecule has 0 bridgehead atoms. The normalized spacial score (nSPS) is 34.9. The zero-order chi connectivity index (χ0) is 16.7. The van der Waals surface area contributed by atoms with E-state index in [0.717, 1.165) is 6.42 Å². The summed E-state index contributed by atoms with van der Waals surface area (Å²) in [6, 6.07) is -0.0121. The number of likely N-dealkylation sites (N-methyl/N-ethyl adjacent to an activating group) is 1. The van der Waals surface area contributed by atoms with Gasteiger partial charge in [0, 0.05) is 25.7 Å². The van der Waals surface area contributed by atoms with Crippen LogP contribution in [0.4, 0.5) is 0 Å². The van der Waals surface area contributed by atoms with Crippen LogP contribution in [0.2, 0.25) is 0 Å². The Morgan fingerprint density at radius 1 is 1.23 bits per heavy atom. The predicted molar refractivity (Wildman–Crippen MR) is 89.6 cm³/mol. The molecule has 1 N–H and O–H groups in total. The first-order valence-corrected chi connectivity index (χ1v) is 8.82. The van der Waals surface area contributed by atoms with Gasteiger partial charge >= 0.3 is 0 Å². The fourth-order valence-electron chi connectivity index (χ4n) is 4.82. The van der Waals surface area contributed by atoms with Crippen molar-refractivity contribution in [1.82, 2.24) is 9.80 Å². The van der Waals surface area contributed by atoms with E-state index in [-0.39, 0.29) is 23.5 Å². The molecule has 1 amide bonds. The number of nitrogens with zero attached hydrogens (tertiary/aromatic N) is 2. The number of rotatable bonds is 2. The molecule has 2 fully saturated rings. The number of amides is 1. The van der Waals surface area contributed by atoms with Crippen LogP contribution < -0.4 is 0 Å². The SMILES string of the molecule is CC(O)C1C2CCCCC2CC(C(=O)N(C)C)N1C(C)(C)C. The Hall–Kier alpha value is -0.610. The molecule has 0 aromatic rings. The van der Waals surface area contributed by atoms with E-state index in [1.165, 1.54) is 25.7 Å². The summed E-state index contributed by atoms with van der Waals surface area (Å²) in [7, 11) is 3.68. The molecule has 22 heavy (non-hydrogen) atoms. The van der Waals surface area contributed by atoms with E-state index >= 15 is 0 Å². The number of aliphatic hydroxyl groups excluding tert-OH is 1. The van der Waals surface area contributed by atoms with Gasteiger partial charge in [-0.25, -0.2) is 0 Å². The molecular weight excluding hydrogens is 276 g/mol. The van der Waals surface area contributed by atoms with Gasteiger partial charge in [0.15, 0.2) is 0 Å². The van der Waals surface area contributed by atoms with Crippen molar-refractivity contribution in [3.63, 3.8) is 0 Å². The molecule has 4 heteroatoms. The molecule has 1 saturated heterocycles. The van der Waals surface area contributed by atoms with Crippen molar-refractivity contribution < 1.29 is 9.90 Å². The van der Waals surface area contributed by atoms with Gasteiger partial charge in [-0.2, -0.15) is 0 Å². The largest absolute Gasteiger partial charge is 0.392 e. The summed E-state index contributed by atoms with van der Waals surface area (Å²) in [6.45, 7) is 8.40. The van der Waals surface area contributed by atoms with Crippen molar-refractivity contribution in [2.24, 2.45) is 11.8 Å².